The molecule has 1 N–H and O–H groups in total. The van der Waals surface area contributed by atoms with Gasteiger partial charge in [0.2, 0.25) is 0 Å². The molecular weight excluding hydrogens is 1350 g/mol. The number of allylic oxidation sites excluding steroid dienone is 2. The van der Waals surface area contributed by atoms with E-state index in [4.69, 9.17) is 70.1 Å². The maximum Gasteiger partial charge on any atom is 0.407 e. The summed E-state index contributed by atoms with van der Waals surface area (Å²) in [5.41, 5.74) is 2.10. The van der Waals surface area contributed by atoms with E-state index < -0.39 is 91.8 Å². The Hall–Kier alpha value is -2.83. The monoisotopic (exact) mass is 1480 g/mol. The third kappa shape index (κ3) is 19.4. The van der Waals surface area contributed by atoms with Gasteiger partial charge in [0.25, 0.3) is 0 Å². The quantitative estimate of drug-likeness (QED) is 0.0371. The maximum atomic E-state index is 14.8. The number of ether oxygens (including phenoxy) is 12. The molecule has 10 rings (SSSR count). The van der Waals surface area contributed by atoms with Crippen molar-refractivity contribution in [2.75, 3.05) is 20.3 Å². The van der Waals surface area contributed by atoms with E-state index in [1.165, 1.54) is 6.08 Å². The van der Waals surface area contributed by atoms with Gasteiger partial charge in [0.05, 0.1) is 110 Å². The van der Waals surface area contributed by atoms with Crippen LogP contribution in [0.2, 0.25) is 54.4 Å². The predicted molar refractivity (Wildman–Crippen MR) is 398 cm³/mol. The first kappa shape index (κ1) is 81.7. The first-order valence-electron chi connectivity index (χ1n) is 39.0. The van der Waals surface area contributed by atoms with Crippen molar-refractivity contribution in [2.24, 2.45) is 17.8 Å². The molecule has 0 radical (unpaired) electrons. The number of nitrogens with one attached hydrogen (secondary N) is 1. The lowest BCUT2D eigenvalue weighted by atomic mass is 9.79. The zero-order valence-electron chi connectivity index (χ0n) is 65.4. The number of aldehydes is 1. The first-order chi connectivity index (χ1) is 47.8. The van der Waals surface area contributed by atoms with Crippen molar-refractivity contribution in [2.45, 2.75) is 387 Å². The normalized spacial score (nSPS) is 39.2. The van der Waals surface area contributed by atoms with Crippen molar-refractivity contribution in [1.29, 1.82) is 0 Å². The summed E-state index contributed by atoms with van der Waals surface area (Å²) in [4.78, 5) is 55.1. The topological polar surface area (TPSA) is 219 Å². The number of ketones is 1. The second-order valence-electron chi connectivity index (χ2n) is 36.5. The molecule has 23 heteroatoms. The molecule has 102 heavy (non-hydrogen) atoms. The summed E-state index contributed by atoms with van der Waals surface area (Å²) in [6, 6.07) is 0. The lowest BCUT2D eigenvalue weighted by molar-refractivity contribution is -0.280. The van der Waals surface area contributed by atoms with Gasteiger partial charge in [-0.15, -0.1) is 0 Å². The molecule has 578 valence electrons. The third-order valence-corrected chi connectivity index (χ3v) is 39.4. The van der Waals surface area contributed by atoms with E-state index in [2.05, 4.69) is 140 Å². The van der Waals surface area contributed by atoms with Crippen molar-refractivity contribution in [3.8, 4) is 0 Å². The number of carbonyl (C=O) groups excluding carboxylic acids is 4. The van der Waals surface area contributed by atoms with Crippen LogP contribution < -0.4 is 5.32 Å². The van der Waals surface area contributed by atoms with E-state index in [1.54, 1.807) is 13.2 Å². The fourth-order valence-electron chi connectivity index (χ4n) is 16.7. The molecule has 0 aromatic rings. The fraction of sp³-hybridized carbons (Fsp3) is 0.848. The van der Waals surface area contributed by atoms with Crippen LogP contribution in [0.5, 0.6) is 0 Å². The third-order valence-electron chi connectivity index (χ3n) is 25.9. The number of fused-ring (bicyclic) bond motifs is 10. The molecular formula is C79H131NO19Si3. The molecule has 2 unspecified atom stereocenters. The smallest absolute Gasteiger partial charge is 0.407 e. The highest BCUT2D eigenvalue weighted by molar-refractivity contribution is 6.75. The predicted octanol–water partition coefficient (Wildman–Crippen LogP) is 14.6. The van der Waals surface area contributed by atoms with Crippen molar-refractivity contribution < 1.29 is 89.3 Å². The summed E-state index contributed by atoms with van der Waals surface area (Å²) >= 11 is 0. The molecule has 1 spiro atoms. The van der Waals surface area contributed by atoms with Gasteiger partial charge in [-0.05, 0) is 148 Å². The van der Waals surface area contributed by atoms with Crippen LogP contribution in [0.15, 0.2) is 49.1 Å². The Labute approximate surface area is 614 Å². The van der Waals surface area contributed by atoms with E-state index in [0.29, 0.717) is 77.0 Å². The van der Waals surface area contributed by atoms with Gasteiger partial charge < -0.3 is 80.2 Å². The van der Waals surface area contributed by atoms with Gasteiger partial charge in [0.15, 0.2) is 36.5 Å². The van der Waals surface area contributed by atoms with Gasteiger partial charge in [-0.3, -0.25) is 9.59 Å². The zero-order valence-corrected chi connectivity index (χ0v) is 68.4. The average molecular weight is 1480 g/mol. The van der Waals surface area contributed by atoms with E-state index in [1.807, 2.05) is 6.08 Å². The molecule has 25 atom stereocenters. The summed E-state index contributed by atoms with van der Waals surface area (Å²) in [5.74, 6) is -1.92. The zero-order chi connectivity index (χ0) is 74.2. The minimum Gasteiger partial charge on any atom is -0.459 e. The van der Waals surface area contributed by atoms with Gasteiger partial charge in [0, 0.05) is 70.4 Å². The van der Waals surface area contributed by atoms with Crippen LogP contribution in [-0.2, 0) is 84.5 Å². The largest absolute Gasteiger partial charge is 0.459 e. The minimum absolute atomic E-state index is 0.0242. The van der Waals surface area contributed by atoms with Crippen LogP contribution in [-0.4, -0.2) is 203 Å². The van der Waals surface area contributed by atoms with Crippen molar-refractivity contribution >= 4 is 49.1 Å². The Morgan fingerprint density at radius 3 is 1.90 bits per heavy atom. The van der Waals surface area contributed by atoms with E-state index >= 15 is 0 Å². The molecule has 0 saturated carbocycles. The highest BCUT2D eigenvalue weighted by atomic mass is 28.4. The van der Waals surface area contributed by atoms with Crippen LogP contribution in [0.3, 0.4) is 0 Å². The summed E-state index contributed by atoms with van der Waals surface area (Å²) in [5, 5.41) is 2.60. The molecule has 10 aliphatic heterocycles. The molecule has 0 aromatic heterocycles. The summed E-state index contributed by atoms with van der Waals surface area (Å²) in [6.45, 7) is 50.7. The van der Waals surface area contributed by atoms with Crippen LogP contribution >= 0.6 is 0 Å². The fourth-order valence-corrected chi connectivity index (χ4v) is 20.7. The Balaban J connectivity index is 0.841. The second kappa shape index (κ2) is 33.2. The Bertz CT molecular complexity index is 2940. The number of methoxy groups -OCH3 is 1. The number of hydrogen-bond acceptors (Lipinski definition) is 19. The Kier molecular flexibility index (Phi) is 26.6. The molecule has 10 saturated heterocycles. The van der Waals surface area contributed by atoms with E-state index in [9.17, 15) is 19.2 Å². The molecule has 20 nitrogen and oxygen atoms in total. The highest BCUT2D eigenvalue weighted by Gasteiger charge is 2.61. The summed E-state index contributed by atoms with van der Waals surface area (Å²) < 4.78 is 103. The lowest BCUT2D eigenvalue weighted by Crippen LogP contribution is -2.63. The van der Waals surface area contributed by atoms with Crippen LogP contribution in [0.4, 0.5) is 4.79 Å². The average Bonchev–Trinajstić information content (AvgIpc) is 1.52. The Morgan fingerprint density at radius 2 is 1.25 bits per heavy atom. The van der Waals surface area contributed by atoms with Gasteiger partial charge in [0.1, 0.15) is 37.3 Å². The number of esters is 1. The molecule has 10 aliphatic rings. The van der Waals surface area contributed by atoms with Crippen LogP contribution in [0.25, 0.3) is 0 Å². The molecule has 10 fully saturated rings. The number of rotatable bonds is 21. The van der Waals surface area contributed by atoms with Crippen molar-refractivity contribution in [3.63, 3.8) is 0 Å². The van der Waals surface area contributed by atoms with Gasteiger partial charge in [-0.25, -0.2) is 4.79 Å². The molecule has 10 heterocycles. The molecule has 0 aromatic carbocycles. The maximum absolute atomic E-state index is 14.8. The van der Waals surface area contributed by atoms with Crippen LogP contribution in [0.1, 0.15) is 198 Å². The summed E-state index contributed by atoms with van der Waals surface area (Å²) in [7, 11) is -5.40. The SMILES string of the molecule is C=CCOC(=O)NC[C@H]1O[C@@H](CCC(C=O)CC/C=C/C(=O)C[C@H]2O[C@H]3[C@H](C)[C@H]4OC(=O)C[C@H]5CC[C@@H]6O[C@@H]7C[C@@H](O[C@@]8(CC[C@H]9CC(=C)[C@H](CC[C@H]%10C[C@@H](C)C(=C)[C@@H](C[C@@H]4O[C@H]3CC2O[Si](C)(C)C(C)(C)C)O%10)O9)C[C@@H](OC)[C@@H]7O8)[C@H]6O5)[C@@H](O[Si](C)(C)C(C)(C)C)C[C@H]1O[Si](C)(C)C(C)(C)C. The Morgan fingerprint density at radius 1 is 0.627 bits per heavy atom. The first-order valence-corrected chi connectivity index (χ1v) is 47.7. The van der Waals surface area contributed by atoms with Crippen LogP contribution in [0, 0.1) is 17.8 Å². The number of alkyl carbamates (subject to hydrolysis) is 1. The van der Waals surface area contributed by atoms with E-state index in [-0.39, 0.29) is 144 Å². The van der Waals surface area contributed by atoms with E-state index in [0.717, 1.165) is 49.5 Å². The van der Waals surface area contributed by atoms with Crippen molar-refractivity contribution in [3.05, 3.63) is 49.1 Å². The number of hydrogen-bond donors (Lipinski definition) is 1. The lowest BCUT2D eigenvalue weighted by Gasteiger charge is -2.53. The van der Waals surface area contributed by atoms with Gasteiger partial charge in [-0.2, -0.15) is 0 Å². The molecule has 0 aliphatic carbocycles. The summed E-state index contributed by atoms with van der Waals surface area (Å²) in [6.07, 6.45) is 8.52. The number of amides is 1. The molecule has 1 amide bonds. The van der Waals surface area contributed by atoms with Gasteiger partial charge in [-0.1, -0.05) is 108 Å². The standard InChI is InChI=1S/C79H131NO19Si3/c1-22-35-86-75(84)80-45-69-63(99-102(20,21)78(12,13)14)41-61(97-100(16,17)76(6,7)8)57(90-69)30-27-51(46-81)25-23-24-26-52(82)38-60-62(98-101(18,19)77(9,10)11)42-65-71(93-60)50(5)72-64(92-65)40-59-49(4)47(2)36-53(88-59)28-31-56-48(3)37-55(87-56)33-34-79-44-68(85-15)74(96-79)66-43-67(95-79)73-58(91-66)32-29-54(89-73)39-70(83)94-72/h22,24,26,46-47,50-51,53-69,71-74H,1,3-4,23,25,27-45H2,2,5-21H3,(H,80,84)/b26-24+/t47-,50+,51?,53+,54-,55+,56+,57+,58+,59-,60-,61+,62?,63-,64+,65+,66-,67-,68-,69-,71+,72-,73+,74-,79-/m1/s1. The number of carbonyl (C=O) groups is 4. The molecule has 10 bridgehead atoms. The van der Waals surface area contributed by atoms with Gasteiger partial charge >= 0.3 is 12.1 Å². The second-order valence-corrected chi connectivity index (χ2v) is 50.8. The minimum atomic E-state index is -2.48. The van der Waals surface area contributed by atoms with Crippen molar-refractivity contribution in [1.82, 2.24) is 5.32 Å². The highest BCUT2D eigenvalue weighted by Crippen LogP contribution is 2.52.